The molecule has 0 unspecified atom stereocenters. The Labute approximate surface area is 172 Å². The Balaban J connectivity index is 1.51. The minimum atomic E-state index is 0.735. The van der Waals surface area contributed by atoms with Gasteiger partial charge in [0.25, 0.3) is 0 Å². The number of rotatable bonds is 8. The lowest BCUT2D eigenvalue weighted by Crippen LogP contribution is -2.38. The van der Waals surface area contributed by atoms with Crippen LogP contribution in [0.3, 0.4) is 0 Å². The molecule has 0 bridgehead atoms. The number of guanidine groups is 1. The number of aromatic nitrogens is 4. The molecular weight excluding hydrogens is 362 g/mol. The number of hydrogen-bond donors (Lipinski definition) is 2. The standard InChI is InChI=1S/C22H31N7/c1-5-20-19(21(6-2)28(4)27-20)16-25-22(23-3)24-14-12-17-8-10-18(11-9-17)29-15-7-13-26-29/h7-11,13,15H,5-6,12,14,16H2,1-4H3,(H2,23,24,25). The lowest BCUT2D eigenvalue weighted by atomic mass is 10.1. The minimum Gasteiger partial charge on any atom is -0.356 e. The molecule has 0 aliphatic rings. The van der Waals surface area contributed by atoms with Gasteiger partial charge in [-0.2, -0.15) is 10.2 Å². The summed E-state index contributed by atoms with van der Waals surface area (Å²) in [6.45, 7) is 5.87. The Morgan fingerprint density at radius 2 is 1.90 bits per heavy atom. The molecule has 3 rings (SSSR count). The molecule has 29 heavy (non-hydrogen) atoms. The molecule has 0 amide bonds. The van der Waals surface area contributed by atoms with Crippen molar-refractivity contribution in [3.05, 3.63) is 65.2 Å². The van der Waals surface area contributed by atoms with Crippen LogP contribution in [0.1, 0.15) is 36.4 Å². The zero-order valence-corrected chi connectivity index (χ0v) is 17.8. The van der Waals surface area contributed by atoms with Crippen molar-refractivity contribution < 1.29 is 0 Å². The van der Waals surface area contributed by atoms with Gasteiger partial charge in [0.2, 0.25) is 0 Å². The highest BCUT2D eigenvalue weighted by Crippen LogP contribution is 2.15. The number of nitrogens with zero attached hydrogens (tertiary/aromatic N) is 5. The number of aliphatic imine (C=N–C) groups is 1. The average Bonchev–Trinajstić information content (AvgIpc) is 3.38. The van der Waals surface area contributed by atoms with Crippen LogP contribution in [-0.2, 0) is 32.9 Å². The van der Waals surface area contributed by atoms with Gasteiger partial charge >= 0.3 is 0 Å². The van der Waals surface area contributed by atoms with Crippen LogP contribution in [0.15, 0.2) is 47.7 Å². The fraction of sp³-hybridized carbons (Fsp3) is 0.409. The van der Waals surface area contributed by atoms with E-state index in [0.29, 0.717) is 0 Å². The van der Waals surface area contributed by atoms with E-state index in [1.807, 2.05) is 28.7 Å². The maximum atomic E-state index is 4.64. The van der Waals surface area contributed by atoms with E-state index in [2.05, 4.69) is 63.9 Å². The monoisotopic (exact) mass is 393 g/mol. The molecular formula is C22H31N7. The normalized spacial score (nSPS) is 11.7. The fourth-order valence-corrected chi connectivity index (χ4v) is 3.55. The molecule has 0 aliphatic carbocycles. The number of benzene rings is 1. The summed E-state index contributed by atoms with van der Waals surface area (Å²) in [5.41, 5.74) is 6.07. The molecule has 154 valence electrons. The molecule has 1 aromatic carbocycles. The Morgan fingerprint density at radius 3 is 2.52 bits per heavy atom. The summed E-state index contributed by atoms with van der Waals surface area (Å²) in [6, 6.07) is 10.4. The average molecular weight is 394 g/mol. The van der Waals surface area contributed by atoms with Crippen molar-refractivity contribution >= 4 is 5.96 Å². The summed E-state index contributed by atoms with van der Waals surface area (Å²) in [5.74, 6) is 0.811. The first kappa shape index (κ1) is 20.6. The first-order valence-corrected chi connectivity index (χ1v) is 10.2. The van der Waals surface area contributed by atoms with Crippen LogP contribution in [0.2, 0.25) is 0 Å². The van der Waals surface area contributed by atoms with Crippen LogP contribution in [-0.4, -0.2) is 39.1 Å². The highest BCUT2D eigenvalue weighted by Gasteiger charge is 2.13. The highest BCUT2D eigenvalue weighted by molar-refractivity contribution is 5.79. The molecule has 7 nitrogen and oxygen atoms in total. The summed E-state index contributed by atoms with van der Waals surface area (Å²) in [4.78, 5) is 4.36. The Kier molecular flexibility index (Phi) is 7.05. The quantitative estimate of drug-likeness (QED) is 0.456. The topological polar surface area (TPSA) is 72.1 Å². The third-order valence-electron chi connectivity index (χ3n) is 5.10. The van der Waals surface area contributed by atoms with Crippen LogP contribution in [0.4, 0.5) is 0 Å². The molecule has 7 heteroatoms. The zero-order valence-electron chi connectivity index (χ0n) is 17.8. The van der Waals surface area contributed by atoms with Crippen LogP contribution < -0.4 is 10.6 Å². The molecule has 2 aromatic heterocycles. The maximum absolute atomic E-state index is 4.64. The Morgan fingerprint density at radius 1 is 1.10 bits per heavy atom. The van der Waals surface area contributed by atoms with E-state index < -0.39 is 0 Å². The van der Waals surface area contributed by atoms with Gasteiger partial charge in [-0.3, -0.25) is 9.67 Å². The van der Waals surface area contributed by atoms with E-state index in [-0.39, 0.29) is 0 Å². The first-order chi connectivity index (χ1) is 14.2. The second-order valence-electron chi connectivity index (χ2n) is 6.92. The van der Waals surface area contributed by atoms with Gasteiger partial charge in [0.05, 0.1) is 11.4 Å². The Bertz CT molecular complexity index is 921. The van der Waals surface area contributed by atoms with Gasteiger partial charge in [-0.05, 0) is 43.0 Å². The predicted molar refractivity (Wildman–Crippen MR) is 117 cm³/mol. The largest absolute Gasteiger partial charge is 0.356 e. The maximum Gasteiger partial charge on any atom is 0.191 e. The van der Waals surface area contributed by atoms with Crippen molar-refractivity contribution in [1.29, 1.82) is 0 Å². The van der Waals surface area contributed by atoms with Crippen molar-refractivity contribution in [2.45, 2.75) is 39.7 Å². The van der Waals surface area contributed by atoms with Gasteiger partial charge in [-0.1, -0.05) is 26.0 Å². The van der Waals surface area contributed by atoms with Crippen molar-refractivity contribution in [3.8, 4) is 5.69 Å². The van der Waals surface area contributed by atoms with E-state index in [1.54, 1.807) is 13.2 Å². The van der Waals surface area contributed by atoms with Crippen LogP contribution in [0.25, 0.3) is 5.69 Å². The van der Waals surface area contributed by atoms with Crippen molar-refractivity contribution in [2.24, 2.45) is 12.0 Å². The highest BCUT2D eigenvalue weighted by atomic mass is 15.3. The summed E-state index contributed by atoms with van der Waals surface area (Å²) in [6.07, 6.45) is 6.57. The van der Waals surface area contributed by atoms with Gasteiger partial charge in [-0.15, -0.1) is 0 Å². The lowest BCUT2D eigenvalue weighted by Gasteiger charge is -2.13. The molecule has 0 saturated heterocycles. The van der Waals surface area contributed by atoms with E-state index in [1.165, 1.54) is 16.8 Å². The number of nitrogens with one attached hydrogen (secondary N) is 2. The predicted octanol–water partition coefficient (Wildman–Crippen LogP) is 2.64. The number of aryl methyl sites for hydroxylation is 2. The third-order valence-corrected chi connectivity index (χ3v) is 5.10. The van der Waals surface area contributed by atoms with Gasteiger partial charge < -0.3 is 10.6 Å². The van der Waals surface area contributed by atoms with Gasteiger partial charge in [0, 0.05) is 50.8 Å². The van der Waals surface area contributed by atoms with Crippen molar-refractivity contribution in [2.75, 3.05) is 13.6 Å². The summed E-state index contributed by atoms with van der Waals surface area (Å²) in [7, 11) is 3.82. The Hall–Kier alpha value is -3.09. The van der Waals surface area contributed by atoms with Crippen LogP contribution in [0.5, 0.6) is 0 Å². The summed E-state index contributed by atoms with van der Waals surface area (Å²) in [5, 5.41) is 15.7. The van der Waals surface area contributed by atoms with Crippen LogP contribution in [0, 0.1) is 0 Å². The number of hydrogen-bond acceptors (Lipinski definition) is 3. The van der Waals surface area contributed by atoms with E-state index in [0.717, 1.165) is 49.7 Å². The van der Waals surface area contributed by atoms with Gasteiger partial charge in [0.15, 0.2) is 5.96 Å². The fourth-order valence-electron chi connectivity index (χ4n) is 3.55. The molecule has 0 aliphatic heterocycles. The van der Waals surface area contributed by atoms with Crippen molar-refractivity contribution in [1.82, 2.24) is 30.2 Å². The molecule has 3 aromatic rings. The van der Waals surface area contributed by atoms with E-state index in [9.17, 15) is 0 Å². The SMILES string of the molecule is CCc1nn(C)c(CC)c1CNC(=NC)NCCc1ccc(-n2cccn2)cc1. The molecule has 2 heterocycles. The molecule has 0 saturated carbocycles. The van der Waals surface area contributed by atoms with E-state index >= 15 is 0 Å². The summed E-state index contributed by atoms with van der Waals surface area (Å²) >= 11 is 0. The molecule has 0 spiro atoms. The van der Waals surface area contributed by atoms with Crippen molar-refractivity contribution in [3.63, 3.8) is 0 Å². The third kappa shape index (κ3) is 5.04. The van der Waals surface area contributed by atoms with Crippen LogP contribution >= 0.6 is 0 Å². The van der Waals surface area contributed by atoms with E-state index in [4.69, 9.17) is 0 Å². The second kappa shape index (κ2) is 9.91. The van der Waals surface area contributed by atoms with Gasteiger partial charge in [-0.25, -0.2) is 4.68 Å². The minimum absolute atomic E-state index is 0.735. The lowest BCUT2D eigenvalue weighted by molar-refractivity contribution is 0.702. The smallest absolute Gasteiger partial charge is 0.191 e. The first-order valence-electron chi connectivity index (χ1n) is 10.2. The zero-order chi connectivity index (χ0) is 20.6. The second-order valence-corrected chi connectivity index (χ2v) is 6.92. The summed E-state index contributed by atoms with van der Waals surface area (Å²) < 4.78 is 3.86. The molecule has 0 atom stereocenters. The molecule has 0 radical (unpaired) electrons. The molecule has 2 N–H and O–H groups in total. The van der Waals surface area contributed by atoms with Gasteiger partial charge in [0.1, 0.15) is 0 Å². The molecule has 0 fully saturated rings.